The third-order valence-corrected chi connectivity index (χ3v) is 5.13. The summed E-state index contributed by atoms with van der Waals surface area (Å²) in [6.07, 6.45) is 2.66. The van der Waals surface area contributed by atoms with E-state index >= 15 is 0 Å². The molecule has 3 aromatic carbocycles. The fraction of sp³-hybridized carbons (Fsp3) is 0.185. The van der Waals surface area contributed by atoms with E-state index in [0.29, 0.717) is 24.5 Å². The van der Waals surface area contributed by atoms with E-state index in [0.717, 1.165) is 34.3 Å². The smallest absolute Gasteiger partial charge is 0.340 e. The van der Waals surface area contributed by atoms with Gasteiger partial charge in [0.25, 0.3) is 0 Å². The van der Waals surface area contributed by atoms with Crippen molar-refractivity contribution in [2.75, 3.05) is 13.7 Å². The van der Waals surface area contributed by atoms with Gasteiger partial charge in [0.1, 0.15) is 23.8 Å². The molecule has 0 radical (unpaired) electrons. The predicted octanol–water partition coefficient (Wildman–Crippen LogP) is 6.05. The third kappa shape index (κ3) is 5.23. The molecular weight excluding hydrogens is 416 g/mol. The van der Waals surface area contributed by atoms with Crippen molar-refractivity contribution in [1.82, 2.24) is 4.57 Å². The Balaban J connectivity index is 1.69. The molecule has 0 fully saturated rings. The first kappa shape index (κ1) is 22.1. The van der Waals surface area contributed by atoms with Gasteiger partial charge >= 0.3 is 5.97 Å². The summed E-state index contributed by atoms with van der Waals surface area (Å²) in [5, 5.41) is 5.27. The Bertz CT molecular complexity index is 1260. The lowest BCUT2D eigenvalue weighted by atomic mass is 10.1. The average Bonchev–Trinajstić information content (AvgIpc) is 3.22. The lowest BCUT2D eigenvalue weighted by Gasteiger charge is -2.12. The van der Waals surface area contributed by atoms with Crippen LogP contribution in [0.2, 0.25) is 0 Å². The first-order chi connectivity index (χ1) is 16.2. The number of carbonyl (C=O) groups excluding carboxylic acids is 1. The van der Waals surface area contributed by atoms with Crippen LogP contribution in [-0.2, 0) is 16.1 Å². The summed E-state index contributed by atoms with van der Waals surface area (Å²) < 4.78 is 13.0. The number of rotatable bonds is 9. The molecule has 0 saturated heterocycles. The predicted molar refractivity (Wildman–Crippen MR) is 129 cm³/mol. The monoisotopic (exact) mass is 442 g/mol. The molecule has 0 aliphatic heterocycles. The van der Waals surface area contributed by atoms with E-state index in [-0.39, 0.29) is 5.97 Å². The van der Waals surface area contributed by atoms with Crippen LogP contribution < -0.4 is 4.74 Å². The van der Waals surface area contributed by atoms with Crippen LogP contribution in [0.3, 0.4) is 0 Å². The van der Waals surface area contributed by atoms with E-state index in [1.165, 1.54) is 7.11 Å². The summed E-state index contributed by atoms with van der Waals surface area (Å²) in [4.78, 5) is 17.9. The van der Waals surface area contributed by atoms with Crippen molar-refractivity contribution in [2.45, 2.75) is 19.9 Å². The summed E-state index contributed by atoms with van der Waals surface area (Å²) >= 11 is 0. The Morgan fingerprint density at radius 2 is 1.70 bits per heavy atom. The fourth-order valence-corrected chi connectivity index (χ4v) is 3.56. The molecule has 1 aromatic heterocycles. The van der Waals surface area contributed by atoms with Gasteiger partial charge in [0.05, 0.1) is 19.2 Å². The molecule has 6 nitrogen and oxygen atoms in total. The van der Waals surface area contributed by atoms with E-state index in [4.69, 9.17) is 14.3 Å². The number of hydrogen-bond acceptors (Lipinski definition) is 5. The number of benzene rings is 3. The molecule has 0 spiro atoms. The van der Waals surface area contributed by atoms with Gasteiger partial charge in [-0.15, -0.1) is 0 Å². The minimum absolute atomic E-state index is 0.371. The molecule has 0 atom stereocenters. The normalized spacial score (nSPS) is 11.4. The van der Waals surface area contributed by atoms with Crippen LogP contribution in [0, 0.1) is 0 Å². The topological polar surface area (TPSA) is 62.1 Å². The first-order valence-corrected chi connectivity index (χ1v) is 10.9. The molecule has 0 amide bonds. The summed E-state index contributed by atoms with van der Waals surface area (Å²) in [7, 11) is 1.39. The van der Waals surface area contributed by atoms with E-state index in [1.54, 1.807) is 6.20 Å². The molecule has 1 heterocycles. The van der Waals surface area contributed by atoms with Crippen LogP contribution in [0.4, 0.5) is 0 Å². The number of nitrogens with zero attached hydrogens (tertiary/aromatic N) is 2. The second kappa shape index (κ2) is 10.5. The van der Waals surface area contributed by atoms with Crippen molar-refractivity contribution < 1.29 is 19.1 Å². The first-order valence-electron chi connectivity index (χ1n) is 10.9. The number of para-hydroxylation sites is 2. The average molecular weight is 443 g/mol. The molecule has 0 unspecified atom stereocenters. The number of hydrogen-bond donors (Lipinski definition) is 0. The number of esters is 1. The molecule has 6 heteroatoms. The van der Waals surface area contributed by atoms with E-state index < -0.39 is 0 Å². The zero-order valence-corrected chi connectivity index (χ0v) is 18.7. The summed E-state index contributed by atoms with van der Waals surface area (Å²) in [6.45, 7) is 2.96. The molecule has 0 aliphatic carbocycles. The standard InChI is InChI=1S/C27H26N2O4/c1-3-16-32-28-25(20-10-9-13-22(17-20)33-21-11-5-4-6-12-21)19-29-18-24(27(30)31-2)23-14-7-8-15-26(23)29/h4-15,17-18H,3,16,19H2,1-2H3/b28-25+. The molecule has 0 aliphatic rings. The van der Waals surface area contributed by atoms with Crippen LogP contribution >= 0.6 is 0 Å². The molecule has 0 bridgehead atoms. The number of ether oxygens (including phenoxy) is 2. The zero-order chi connectivity index (χ0) is 23.0. The van der Waals surface area contributed by atoms with Crippen molar-refractivity contribution >= 4 is 22.6 Å². The van der Waals surface area contributed by atoms with Crippen molar-refractivity contribution in [2.24, 2.45) is 5.16 Å². The minimum Gasteiger partial charge on any atom is -0.465 e. The zero-order valence-electron chi connectivity index (χ0n) is 18.7. The lowest BCUT2D eigenvalue weighted by molar-refractivity contribution is 0.0602. The van der Waals surface area contributed by atoms with Crippen LogP contribution in [-0.4, -0.2) is 30.0 Å². The maximum absolute atomic E-state index is 12.3. The highest BCUT2D eigenvalue weighted by Gasteiger charge is 2.17. The highest BCUT2D eigenvalue weighted by molar-refractivity contribution is 6.06. The van der Waals surface area contributed by atoms with Crippen molar-refractivity contribution in [1.29, 1.82) is 0 Å². The van der Waals surface area contributed by atoms with Crippen molar-refractivity contribution in [3.8, 4) is 11.5 Å². The van der Waals surface area contributed by atoms with Crippen LogP contribution in [0.5, 0.6) is 11.5 Å². The Morgan fingerprint density at radius 1 is 0.939 bits per heavy atom. The van der Waals surface area contributed by atoms with Gasteiger partial charge in [0.15, 0.2) is 0 Å². The molecule has 168 valence electrons. The van der Waals surface area contributed by atoms with Crippen LogP contribution in [0.15, 0.2) is 90.2 Å². The van der Waals surface area contributed by atoms with Gasteiger partial charge in [0.2, 0.25) is 0 Å². The number of fused-ring (bicyclic) bond motifs is 1. The van der Waals surface area contributed by atoms with Crippen molar-refractivity contribution in [3.05, 3.63) is 96.2 Å². The molecule has 33 heavy (non-hydrogen) atoms. The number of aromatic nitrogens is 1. The number of methoxy groups -OCH3 is 1. The van der Waals surface area contributed by atoms with E-state index in [9.17, 15) is 4.79 Å². The van der Waals surface area contributed by atoms with Crippen LogP contribution in [0.1, 0.15) is 29.3 Å². The highest BCUT2D eigenvalue weighted by atomic mass is 16.6. The van der Waals surface area contributed by atoms with Gasteiger partial charge in [0, 0.05) is 22.7 Å². The number of oxime groups is 1. The minimum atomic E-state index is -0.371. The van der Waals surface area contributed by atoms with E-state index in [1.807, 2.05) is 90.4 Å². The quantitative estimate of drug-likeness (QED) is 0.137. The van der Waals surface area contributed by atoms with Crippen LogP contribution in [0.25, 0.3) is 10.9 Å². The second-order valence-electron chi connectivity index (χ2n) is 7.49. The summed E-state index contributed by atoms with van der Waals surface area (Å²) in [5.41, 5.74) is 3.02. The Labute approximate surface area is 193 Å². The fourth-order valence-electron chi connectivity index (χ4n) is 3.56. The van der Waals surface area contributed by atoms with Gasteiger partial charge in [-0.1, -0.05) is 60.6 Å². The maximum Gasteiger partial charge on any atom is 0.340 e. The van der Waals surface area contributed by atoms with Gasteiger partial charge in [-0.3, -0.25) is 0 Å². The Morgan fingerprint density at radius 3 is 2.48 bits per heavy atom. The molecule has 0 saturated carbocycles. The SMILES string of the molecule is CCCO/N=C(\Cn1cc(C(=O)OC)c2ccccc21)c1cccc(Oc2ccccc2)c1. The number of carbonyl (C=O) groups is 1. The van der Waals surface area contributed by atoms with Gasteiger partial charge in [-0.25, -0.2) is 4.79 Å². The lowest BCUT2D eigenvalue weighted by Crippen LogP contribution is -2.12. The van der Waals surface area contributed by atoms with Gasteiger partial charge in [-0.2, -0.15) is 0 Å². The molecular formula is C27H26N2O4. The summed E-state index contributed by atoms with van der Waals surface area (Å²) in [5.74, 6) is 1.09. The Kier molecular flexibility index (Phi) is 7.05. The second-order valence-corrected chi connectivity index (χ2v) is 7.49. The molecule has 4 aromatic rings. The van der Waals surface area contributed by atoms with Crippen molar-refractivity contribution in [3.63, 3.8) is 0 Å². The maximum atomic E-state index is 12.3. The third-order valence-electron chi connectivity index (χ3n) is 5.13. The highest BCUT2D eigenvalue weighted by Crippen LogP contribution is 2.25. The molecule has 0 N–H and O–H groups in total. The van der Waals surface area contributed by atoms with E-state index in [2.05, 4.69) is 5.16 Å². The van der Waals surface area contributed by atoms with Gasteiger partial charge < -0.3 is 18.9 Å². The largest absolute Gasteiger partial charge is 0.465 e. The Hall–Kier alpha value is -4.06. The summed E-state index contributed by atoms with van der Waals surface area (Å²) in [6, 6.07) is 25.1. The van der Waals surface area contributed by atoms with Gasteiger partial charge in [-0.05, 0) is 36.8 Å². The molecule has 4 rings (SSSR count).